The summed E-state index contributed by atoms with van der Waals surface area (Å²) >= 11 is 12.2. The molecule has 0 radical (unpaired) electrons. The fourth-order valence-electron chi connectivity index (χ4n) is 2.46. The highest BCUT2D eigenvalue weighted by molar-refractivity contribution is 7.89. The van der Waals surface area contributed by atoms with E-state index in [9.17, 15) is 13.2 Å². The molecule has 0 fully saturated rings. The molecule has 14 heteroatoms. The molecule has 30 heavy (non-hydrogen) atoms. The SMILES string of the molecule is CNS(=O)(=O)c1cc(Cl)c(NC(=O)N[C@@H](C)c2ncnn2-c2ncccn2)cc1Cl. The highest BCUT2D eigenvalue weighted by Gasteiger charge is 2.21. The number of benzene rings is 1. The monoisotopic (exact) mass is 470 g/mol. The van der Waals surface area contributed by atoms with Crippen LogP contribution in [-0.2, 0) is 10.0 Å². The Labute approximate surface area is 181 Å². The van der Waals surface area contributed by atoms with Gasteiger partial charge in [-0.2, -0.15) is 9.78 Å². The topological polar surface area (TPSA) is 144 Å². The molecule has 1 atom stereocenters. The lowest BCUT2D eigenvalue weighted by Gasteiger charge is -2.16. The summed E-state index contributed by atoms with van der Waals surface area (Å²) < 4.78 is 27.5. The van der Waals surface area contributed by atoms with E-state index >= 15 is 0 Å². The zero-order valence-electron chi connectivity index (χ0n) is 15.7. The van der Waals surface area contributed by atoms with Gasteiger partial charge in [0.25, 0.3) is 5.95 Å². The third kappa shape index (κ3) is 4.67. The molecule has 3 rings (SSSR count). The van der Waals surface area contributed by atoms with Crippen molar-refractivity contribution in [2.45, 2.75) is 17.9 Å². The molecule has 0 saturated carbocycles. The van der Waals surface area contributed by atoms with E-state index in [1.165, 1.54) is 24.1 Å². The summed E-state index contributed by atoms with van der Waals surface area (Å²) in [5.74, 6) is 0.700. The molecule has 0 aliphatic rings. The normalized spacial score (nSPS) is 12.4. The maximum absolute atomic E-state index is 12.4. The molecule has 0 spiro atoms. The molecule has 3 aromatic rings. The Kier molecular flexibility index (Phi) is 6.51. The van der Waals surface area contributed by atoms with Gasteiger partial charge in [0.15, 0.2) is 5.82 Å². The van der Waals surface area contributed by atoms with Gasteiger partial charge in [0.1, 0.15) is 11.2 Å². The fraction of sp³-hybridized carbons (Fsp3) is 0.188. The average molecular weight is 471 g/mol. The van der Waals surface area contributed by atoms with Crippen LogP contribution in [-0.4, -0.2) is 46.2 Å². The van der Waals surface area contributed by atoms with Gasteiger partial charge in [-0.05, 0) is 32.2 Å². The van der Waals surface area contributed by atoms with Crippen molar-refractivity contribution in [3.63, 3.8) is 0 Å². The Morgan fingerprint density at radius 1 is 1.13 bits per heavy atom. The molecule has 158 valence electrons. The van der Waals surface area contributed by atoms with Crippen LogP contribution in [0.25, 0.3) is 5.95 Å². The standard InChI is InChI=1S/C16H16Cl2N8O3S/c1-9(14-22-8-23-26(14)15-20-4-3-5-21-15)24-16(27)25-12-6-11(18)13(7-10(12)17)30(28,29)19-2/h3-9,19H,1-2H3,(H2,24,25,27)/t9-/m0/s1. The average Bonchev–Trinajstić information content (AvgIpc) is 3.21. The summed E-state index contributed by atoms with van der Waals surface area (Å²) in [4.78, 5) is 24.6. The van der Waals surface area contributed by atoms with Crippen molar-refractivity contribution in [2.24, 2.45) is 0 Å². The zero-order chi connectivity index (χ0) is 21.9. The number of hydrogen-bond donors (Lipinski definition) is 3. The van der Waals surface area contributed by atoms with Gasteiger partial charge in [0, 0.05) is 12.4 Å². The Bertz CT molecular complexity index is 1170. The van der Waals surface area contributed by atoms with E-state index in [0.29, 0.717) is 11.8 Å². The lowest BCUT2D eigenvalue weighted by molar-refractivity contribution is 0.248. The number of sulfonamides is 1. The first-order valence-electron chi connectivity index (χ1n) is 8.40. The highest BCUT2D eigenvalue weighted by atomic mass is 35.5. The lowest BCUT2D eigenvalue weighted by Crippen LogP contribution is -2.33. The summed E-state index contributed by atoms with van der Waals surface area (Å²) in [5, 5.41) is 9.18. The number of amides is 2. The predicted octanol–water partition coefficient (Wildman–Crippen LogP) is 2.15. The first kappa shape index (κ1) is 21.9. The number of carbonyl (C=O) groups excluding carboxylic acids is 1. The van der Waals surface area contributed by atoms with Gasteiger partial charge in [-0.15, -0.1) is 0 Å². The van der Waals surface area contributed by atoms with Gasteiger partial charge in [-0.25, -0.2) is 32.9 Å². The maximum atomic E-state index is 12.4. The molecule has 2 amide bonds. The van der Waals surface area contributed by atoms with Gasteiger partial charge in [-0.3, -0.25) is 0 Å². The number of carbonyl (C=O) groups is 1. The van der Waals surface area contributed by atoms with Crippen LogP contribution in [0.2, 0.25) is 10.0 Å². The van der Waals surface area contributed by atoms with Crippen LogP contribution < -0.4 is 15.4 Å². The second-order valence-corrected chi connectivity index (χ2v) is 8.54. The number of halogens is 2. The minimum atomic E-state index is -3.80. The van der Waals surface area contributed by atoms with Crippen molar-refractivity contribution in [2.75, 3.05) is 12.4 Å². The first-order chi connectivity index (χ1) is 14.2. The molecular formula is C16H16Cl2N8O3S. The van der Waals surface area contributed by atoms with Crippen LogP contribution >= 0.6 is 23.2 Å². The first-order valence-corrected chi connectivity index (χ1v) is 10.6. The zero-order valence-corrected chi connectivity index (χ0v) is 18.0. The predicted molar refractivity (Wildman–Crippen MR) is 110 cm³/mol. The van der Waals surface area contributed by atoms with Crippen molar-refractivity contribution in [1.82, 2.24) is 34.8 Å². The van der Waals surface area contributed by atoms with E-state index in [4.69, 9.17) is 23.2 Å². The van der Waals surface area contributed by atoms with Crippen LogP contribution in [0.15, 0.2) is 41.8 Å². The van der Waals surface area contributed by atoms with Crippen molar-refractivity contribution in [3.8, 4) is 5.95 Å². The lowest BCUT2D eigenvalue weighted by atomic mass is 10.3. The molecule has 3 N–H and O–H groups in total. The number of nitrogens with one attached hydrogen (secondary N) is 3. The van der Waals surface area contributed by atoms with Crippen LogP contribution in [0, 0.1) is 0 Å². The number of aromatic nitrogens is 5. The maximum Gasteiger partial charge on any atom is 0.319 e. The molecule has 2 aromatic heterocycles. The van der Waals surface area contributed by atoms with E-state index in [2.05, 4.69) is 35.4 Å². The number of anilines is 1. The summed E-state index contributed by atoms with van der Waals surface area (Å²) in [6.07, 6.45) is 4.43. The molecule has 1 aromatic carbocycles. The van der Waals surface area contributed by atoms with Crippen LogP contribution in [0.1, 0.15) is 18.8 Å². The number of urea groups is 1. The van der Waals surface area contributed by atoms with Gasteiger partial charge in [0.2, 0.25) is 10.0 Å². The third-order valence-corrected chi connectivity index (χ3v) is 6.07. The Morgan fingerprint density at radius 2 is 1.83 bits per heavy atom. The Balaban J connectivity index is 1.76. The van der Waals surface area contributed by atoms with Crippen LogP contribution in [0.4, 0.5) is 10.5 Å². The van der Waals surface area contributed by atoms with E-state index in [1.807, 2.05) is 0 Å². The van der Waals surface area contributed by atoms with Crippen molar-refractivity contribution in [3.05, 3.63) is 52.8 Å². The van der Waals surface area contributed by atoms with Gasteiger partial charge < -0.3 is 10.6 Å². The number of nitrogens with zero attached hydrogens (tertiary/aromatic N) is 5. The van der Waals surface area contributed by atoms with E-state index in [1.54, 1.807) is 25.4 Å². The molecule has 0 bridgehead atoms. The van der Waals surface area contributed by atoms with Crippen LogP contribution in [0.5, 0.6) is 0 Å². The minimum Gasteiger partial charge on any atom is -0.328 e. The van der Waals surface area contributed by atoms with Crippen molar-refractivity contribution < 1.29 is 13.2 Å². The molecule has 2 heterocycles. The summed E-state index contributed by atoms with van der Waals surface area (Å²) in [6.45, 7) is 1.69. The summed E-state index contributed by atoms with van der Waals surface area (Å²) in [6, 6.07) is 2.87. The van der Waals surface area contributed by atoms with Gasteiger partial charge in [-0.1, -0.05) is 23.2 Å². The van der Waals surface area contributed by atoms with Crippen molar-refractivity contribution in [1.29, 1.82) is 0 Å². The molecule has 0 unspecified atom stereocenters. The Hall–Kier alpha value is -2.80. The third-order valence-electron chi connectivity index (χ3n) is 3.88. The highest BCUT2D eigenvalue weighted by Crippen LogP contribution is 2.32. The number of rotatable bonds is 6. The molecule has 11 nitrogen and oxygen atoms in total. The smallest absolute Gasteiger partial charge is 0.319 e. The van der Waals surface area contributed by atoms with Gasteiger partial charge >= 0.3 is 6.03 Å². The number of hydrogen-bond acceptors (Lipinski definition) is 7. The largest absolute Gasteiger partial charge is 0.328 e. The second-order valence-electron chi connectivity index (χ2n) is 5.87. The molecular weight excluding hydrogens is 455 g/mol. The van der Waals surface area contributed by atoms with Crippen LogP contribution in [0.3, 0.4) is 0 Å². The quantitative estimate of drug-likeness (QED) is 0.500. The van der Waals surface area contributed by atoms with E-state index < -0.39 is 22.1 Å². The van der Waals surface area contributed by atoms with Gasteiger partial charge in [0.05, 0.1) is 21.8 Å². The minimum absolute atomic E-state index is 0.00289. The second kappa shape index (κ2) is 8.92. The van der Waals surface area contributed by atoms with E-state index in [0.717, 1.165) is 6.07 Å². The molecule has 0 saturated heterocycles. The molecule has 0 aliphatic carbocycles. The summed E-state index contributed by atoms with van der Waals surface area (Å²) in [7, 11) is -2.55. The van der Waals surface area contributed by atoms with E-state index in [-0.39, 0.29) is 20.6 Å². The molecule has 0 aliphatic heterocycles. The summed E-state index contributed by atoms with van der Waals surface area (Å²) in [5.41, 5.74) is 0.134. The fourth-order valence-corrected chi connectivity index (χ4v) is 4.01. The van der Waals surface area contributed by atoms with Crippen molar-refractivity contribution >= 4 is 44.9 Å². The Morgan fingerprint density at radius 3 is 2.50 bits per heavy atom.